The van der Waals surface area contributed by atoms with Crippen molar-refractivity contribution in [1.29, 1.82) is 0 Å². The van der Waals surface area contributed by atoms with E-state index in [9.17, 15) is 24.5 Å². The smallest absolute Gasteiger partial charge is 0.361 e. The van der Waals surface area contributed by atoms with E-state index in [1.165, 1.54) is 29.2 Å². The second kappa shape index (κ2) is 15.7. The minimum atomic E-state index is -2.04. The number of amides is 1. The molecule has 0 N–H and O–H groups in total. The van der Waals surface area contributed by atoms with Gasteiger partial charge in [0.15, 0.2) is 22.4 Å². The summed E-state index contributed by atoms with van der Waals surface area (Å²) in [6.45, 7) is 17.1. The predicted octanol–water partition coefficient (Wildman–Crippen LogP) is 8.29. The van der Waals surface area contributed by atoms with Crippen LogP contribution in [0.2, 0.25) is 37.8 Å². The molecule has 1 saturated heterocycles. The Kier molecular flexibility index (Phi) is 11.4. The predicted molar refractivity (Wildman–Crippen MR) is 214 cm³/mol. The number of ketones is 1. The molecule has 13 heteroatoms. The molecule has 4 atom stereocenters. The van der Waals surface area contributed by atoms with Crippen molar-refractivity contribution in [1.82, 2.24) is 4.90 Å². The SMILES string of the molecule is CC[Si](CC)(CC)O[C@H](C)[C@H]1C(=O)N2C(C(=O)Oc3ccc([N+](=O)[O-])cc3)=C(C#CCOc3cccc4c3-c3ccc(CO[Si](C)(C)C)cc3C4=O)[C@H](C)[C@H]12. The van der Waals surface area contributed by atoms with Crippen molar-refractivity contribution in [3.05, 3.63) is 98.7 Å². The maximum absolute atomic E-state index is 13.9. The molecule has 1 amide bonds. The Morgan fingerprint density at radius 1 is 0.964 bits per heavy atom. The summed E-state index contributed by atoms with van der Waals surface area (Å²) in [7, 11) is -3.78. The van der Waals surface area contributed by atoms with Gasteiger partial charge in [0.05, 0.1) is 29.6 Å². The number of carbonyl (C=O) groups is 3. The first-order valence-corrected chi connectivity index (χ1v) is 24.9. The number of nitro benzene ring substituents is 1. The highest BCUT2D eigenvalue weighted by Gasteiger charge is 2.61. The Labute approximate surface area is 324 Å². The largest absolute Gasteiger partial charge is 0.480 e. The van der Waals surface area contributed by atoms with Crippen LogP contribution in [-0.2, 0) is 25.0 Å². The van der Waals surface area contributed by atoms with Gasteiger partial charge in [0, 0.05) is 40.3 Å². The number of ether oxygens (including phenoxy) is 2. The monoisotopic (exact) mass is 780 g/mol. The maximum Gasteiger partial charge on any atom is 0.361 e. The lowest BCUT2D eigenvalue weighted by Gasteiger charge is -2.49. The van der Waals surface area contributed by atoms with E-state index in [2.05, 4.69) is 52.3 Å². The third-order valence-corrected chi connectivity index (χ3v) is 16.8. The number of β-lactam (4-membered cyclic amide) rings is 1. The lowest BCUT2D eigenvalue weighted by atomic mass is 9.78. The average Bonchev–Trinajstić information content (AvgIpc) is 3.58. The number of hydrogen-bond donors (Lipinski definition) is 0. The van der Waals surface area contributed by atoms with E-state index in [4.69, 9.17) is 18.3 Å². The molecular formula is C42H48N2O9Si2. The summed E-state index contributed by atoms with van der Waals surface area (Å²) >= 11 is 0. The number of rotatable bonds is 14. The van der Waals surface area contributed by atoms with Crippen molar-refractivity contribution in [3.63, 3.8) is 0 Å². The van der Waals surface area contributed by atoms with Crippen molar-refractivity contribution in [3.8, 4) is 34.5 Å². The van der Waals surface area contributed by atoms with Gasteiger partial charge in [-0.1, -0.05) is 63.8 Å². The second-order valence-corrected chi connectivity index (χ2v) is 24.6. The molecule has 11 nitrogen and oxygen atoms in total. The number of hydrogen-bond acceptors (Lipinski definition) is 9. The molecule has 0 bridgehead atoms. The van der Waals surface area contributed by atoms with Gasteiger partial charge >= 0.3 is 5.97 Å². The van der Waals surface area contributed by atoms with E-state index >= 15 is 0 Å². The van der Waals surface area contributed by atoms with Crippen molar-refractivity contribution < 1.29 is 37.6 Å². The Morgan fingerprint density at radius 3 is 2.29 bits per heavy atom. The molecule has 0 spiro atoms. The highest BCUT2D eigenvalue weighted by Crippen LogP contribution is 2.49. The number of nitrogens with zero attached hydrogens (tertiary/aromatic N) is 2. The van der Waals surface area contributed by atoms with Gasteiger partial charge in [0.2, 0.25) is 5.91 Å². The van der Waals surface area contributed by atoms with Crippen LogP contribution in [0.3, 0.4) is 0 Å². The normalized spacial score (nSPS) is 19.2. The van der Waals surface area contributed by atoms with Crippen LogP contribution >= 0.6 is 0 Å². The van der Waals surface area contributed by atoms with Crippen molar-refractivity contribution in [2.24, 2.45) is 11.8 Å². The molecule has 3 aromatic rings. The molecule has 55 heavy (non-hydrogen) atoms. The summed E-state index contributed by atoms with van der Waals surface area (Å²) in [5.74, 6) is 4.97. The van der Waals surface area contributed by atoms with Gasteiger partial charge in [0.25, 0.3) is 5.69 Å². The zero-order valence-corrected chi connectivity index (χ0v) is 34.7. The third-order valence-electron chi connectivity index (χ3n) is 11.0. The van der Waals surface area contributed by atoms with Crippen LogP contribution in [0.1, 0.15) is 56.1 Å². The van der Waals surface area contributed by atoms with Crippen molar-refractivity contribution >= 4 is 40.0 Å². The van der Waals surface area contributed by atoms with Crippen LogP contribution in [0, 0.1) is 33.8 Å². The number of non-ortho nitro benzene ring substituents is 1. The molecule has 0 radical (unpaired) electrons. The highest BCUT2D eigenvalue weighted by molar-refractivity contribution is 6.73. The molecule has 2 aliphatic heterocycles. The highest BCUT2D eigenvalue weighted by atomic mass is 28.4. The van der Waals surface area contributed by atoms with Crippen LogP contribution in [0.15, 0.2) is 71.9 Å². The summed E-state index contributed by atoms with van der Waals surface area (Å²) < 4.78 is 24.7. The Bertz CT molecular complexity index is 2120. The van der Waals surface area contributed by atoms with Crippen LogP contribution in [-0.4, -0.2) is 62.9 Å². The molecule has 0 unspecified atom stereocenters. The number of benzene rings is 3. The average molecular weight is 781 g/mol. The molecule has 6 rings (SSSR count). The topological polar surface area (TPSA) is 135 Å². The van der Waals surface area contributed by atoms with E-state index in [1.54, 1.807) is 18.2 Å². The van der Waals surface area contributed by atoms with Crippen LogP contribution in [0.25, 0.3) is 11.1 Å². The van der Waals surface area contributed by atoms with E-state index in [1.807, 2.05) is 32.0 Å². The maximum atomic E-state index is 13.9. The zero-order chi connectivity index (χ0) is 39.8. The van der Waals surface area contributed by atoms with Gasteiger partial charge in [-0.05, 0) is 80.1 Å². The first-order valence-electron chi connectivity index (χ1n) is 18.9. The summed E-state index contributed by atoms with van der Waals surface area (Å²) in [6.07, 6.45) is -0.347. The minimum absolute atomic E-state index is 0.0517. The Morgan fingerprint density at radius 2 is 1.65 bits per heavy atom. The lowest BCUT2D eigenvalue weighted by molar-refractivity contribution is -0.384. The first kappa shape index (κ1) is 39.8. The quantitative estimate of drug-likeness (QED) is 0.0236. The van der Waals surface area contributed by atoms with E-state index in [0.29, 0.717) is 34.6 Å². The fourth-order valence-corrected chi connectivity index (χ4v) is 11.4. The fourth-order valence-electron chi connectivity index (χ4n) is 7.86. The number of fused-ring (bicyclic) bond motifs is 4. The Hall–Kier alpha value is -4.88. The minimum Gasteiger partial charge on any atom is -0.480 e. The molecule has 3 aliphatic rings. The van der Waals surface area contributed by atoms with Gasteiger partial charge in [-0.3, -0.25) is 19.7 Å². The first-order chi connectivity index (χ1) is 26.1. The van der Waals surface area contributed by atoms with Crippen LogP contribution in [0.5, 0.6) is 11.5 Å². The van der Waals surface area contributed by atoms with Gasteiger partial charge in [0.1, 0.15) is 23.8 Å². The zero-order valence-electron chi connectivity index (χ0n) is 32.7. The van der Waals surface area contributed by atoms with Gasteiger partial charge in [-0.2, -0.15) is 0 Å². The molecule has 3 aromatic carbocycles. The van der Waals surface area contributed by atoms with E-state index in [-0.39, 0.29) is 53.5 Å². The summed E-state index contributed by atoms with van der Waals surface area (Å²) in [6, 6.07) is 18.8. The van der Waals surface area contributed by atoms with Gasteiger partial charge < -0.3 is 23.2 Å². The van der Waals surface area contributed by atoms with Crippen molar-refractivity contribution in [2.45, 2.75) is 91.1 Å². The van der Waals surface area contributed by atoms with Crippen LogP contribution in [0.4, 0.5) is 5.69 Å². The molecule has 1 aliphatic carbocycles. The number of carbonyl (C=O) groups excluding carboxylic acids is 3. The van der Waals surface area contributed by atoms with E-state index in [0.717, 1.165) is 29.3 Å². The van der Waals surface area contributed by atoms with Crippen molar-refractivity contribution in [2.75, 3.05) is 6.61 Å². The van der Waals surface area contributed by atoms with Gasteiger partial charge in [-0.25, -0.2) is 4.79 Å². The molecule has 2 heterocycles. The Balaban J connectivity index is 1.26. The standard InChI is InChI=1S/C42H48N2O9Si2/c1-9-55(10-2,11-3)53-27(5)36-38-26(4)31(39(43(38)41(36)46)42(47)52-30-20-18-29(19-21-30)44(48)49)15-13-23-50-35-16-12-14-33-37(35)32-22-17-28(24-34(32)40(33)45)25-51-54(6,7)8/h12,14,16-22,24,26-27,36,38H,9-11,23,25H2,1-8H3/t26-,27+,36+,38+/m0/s1. The summed E-state index contributed by atoms with van der Waals surface area (Å²) in [5, 5.41) is 11.2. The van der Waals surface area contributed by atoms with E-state index < -0.39 is 33.4 Å². The number of nitro groups is 1. The van der Waals surface area contributed by atoms with Gasteiger partial charge in [-0.15, -0.1) is 0 Å². The summed E-state index contributed by atoms with van der Waals surface area (Å²) in [5.41, 5.74) is 3.94. The van der Waals surface area contributed by atoms with Crippen LogP contribution < -0.4 is 9.47 Å². The molecule has 0 aromatic heterocycles. The second-order valence-electron chi connectivity index (χ2n) is 15.4. The number of esters is 1. The molecule has 288 valence electrons. The third kappa shape index (κ3) is 7.69. The summed E-state index contributed by atoms with van der Waals surface area (Å²) in [4.78, 5) is 53.3. The molecule has 0 saturated carbocycles. The molecular weight excluding hydrogens is 733 g/mol. The fraction of sp³-hybridized carbons (Fsp3) is 0.405. The molecule has 1 fully saturated rings. The lowest BCUT2D eigenvalue weighted by Crippen LogP contribution is -2.65.